The van der Waals surface area contributed by atoms with Gasteiger partial charge in [-0.1, -0.05) is 60.7 Å². The number of hydrogen-bond donors (Lipinski definition) is 1. The second-order valence-electron chi connectivity index (χ2n) is 7.48. The molecular formula is C25H28N2O7. The number of carbonyl (C=O) groups is 4. The second-order valence-corrected chi connectivity index (χ2v) is 7.48. The van der Waals surface area contributed by atoms with E-state index in [-0.39, 0.29) is 18.8 Å². The summed E-state index contributed by atoms with van der Waals surface area (Å²) < 4.78 is 15.1. The minimum atomic E-state index is -1.38. The standard InChI is InChI=1S/C25H28N2O7/c1-27(2)15-20(23(29)32-3)22(28)14-21(24(30)33-16-18-10-6-4-7-11-18)26-25(31)34-17-19-12-8-5-9-13-19/h4-13,15,21H,14,16-17H2,1-3H3,(H,26,31)/b20-15+/t21-/m0/s1. The number of alkyl carbamates (subject to hydrolysis) is 1. The van der Waals surface area contributed by atoms with Crippen LogP contribution in [0.3, 0.4) is 0 Å². The zero-order valence-corrected chi connectivity index (χ0v) is 19.4. The van der Waals surface area contributed by atoms with Gasteiger partial charge in [-0.05, 0) is 11.1 Å². The summed E-state index contributed by atoms with van der Waals surface area (Å²) in [5.74, 6) is -2.41. The van der Waals surface area contributed by atoms with Crippen LogP contribution in [0.25, 0.3) is 0 Å². The molecule has 9 heteroatoms. The van der Waals surface area contributed by atoms with Crippen LogP contribution in [0.5, 0.6) is 0 Å². The highest BCUT2D eigenvalue weighted by Crippen LogP contribution is 2.10. The summed E-state index contributed by atoms with van der Waals surface area (Å²) in [5.41, 5.74) is 1.21. The molecule has 0 aromatic heterocycles. The van der Waals surface area contributed by atoms with Crippen molar-refractivity contribution < 1.29 is 33.4 Å². The predicted molar refractivity (Wildman–Crippen MR) is 123 cm³/mol. The molecule has 180 valence electrons. The Labute approximate surface area is 198 Å². The Bertz CT molecular complexity index is 1000. The number of Topliss-reactive ketones (excluding diaryl/α,β-unsaturated/α-hetero) is 1. The van der Waals surface area contributed by atoms with Crippen molar-refractivity contribution in [3.8, 4) is 0 Å². The van der Waals surface area contributed by atoms with Gasteiger partial charge in [0.15, 0.2) is 5.78 Å². The lowest BCUT2D eigenvalue weighted by Crippen LogP contribution is -2.44. The van der Waals surface area contributed by atoms with E-state index in [4.69, 9.17) is 9.47 Å². The summed E-state index contributed by atoms with van der Waals surface area (Å²) in [5, 5.41) is 2.37. The summed E-state index contributed by atoms with van der Waals surface area (Å²) in [6, 6.07) is 16.5. The first-order chi connectivity index (χ1) is 16.3. The molecule has 9 nitrogen and oxygen atoms in total. The second kappa shape index (κ2) is 13.4. The molecule has 2 aromatic rings. The average molecular weight is 469 g/mol. The number of amides is 1. The van der Waals surface area contributed by atoms with E-state index in [9.17, 15) is 19.2 Å². The quantitative estimate of drug-likeness (QED) is 0.176. The highest BCUT2D eigenvalue weighted by atomic mass is 16.6. The van der Waals surface area contributed by atoms with Gasteiger partial charge in [0.05, 0.1) is 7.11 Å². The highest BCUT2D eigenvalue weighted by Gasteiger charge is 2.30. The third-order valence-electron chi connectivity index (χ3n) is 4.50. The Morgan fingerprint density at radius 2 is 1.41 bits per heavy atom. The lowest BCUT2D eigenvalue weighted by molar-refractivity contribution is -0.149. The van der Waals surface area contributed by atoms with Gasteiger partial charge < -0.3 is 24.4 Å². The highest BCUT2D eigenvalue weighted by molar-refractivity contribution is 6.18. The minimum Gasteiger partial charge on any atom is -0.465 e. The topological polar surface area (TPSA) is 111 Å². The first-order valence-electron chi connectivity index (χ1n) is 10.5. The van der Waals surface area contributed by atoms with Crippen LogP contribution in [0, 0.1) is 0 Å². The molecule has 0 unspecified atom stereocenters. The van der Waals surface area contributed by atoms with E-state index < -0.39 is 36.3 Å². The fourth-order valence-corrected chi connectivity index (χ4v) is 2.83. The maximum atomic E-state index is 12.8. The molecule has 0 heterocycles. The lowest BCUT2D eigenvalue weighted by Gasteiger charge is -2.18. The molecule has 0 aliphatic rings. The fourth-order valence-electron chi connectivity index (χ4n) is 2.83. The van der Waals surface area contributed by atoms with Crippen molar-refractivity contribution >= 4 is 23.8 Å². The molecular weight excluding hydrogens is 440 g/mol. The molecule has 34 heavy (non-hydrogen) atoms. The molecule has 2 rings (SSSR count). The van der Waals surface area contributed by atoms with E-state index in [2.05, 4.69) is 10.1 Å². The molecule has 0 saturated heterocycles. The third kappa shape index (κ3) is 8.78. The van der Waals surface area contributed by atoms with Crippen LogP contribution in [0.4, 0.5) is 4.79 Å². The van der Waals surface area contributed by atoms with E-state index in [1.54, 1.807) is 62.6 Å². The van der Waals surface area contributed by atoms with Crippen molar-refractivity contribution in [3.05, 3.63) is 83.6 Å². The summed E-state index contributed by atoms with van der Waals surface area (Å²) >= 11 is 0. The summed E-state index contributed by atoms with van der Waals surface area (Å²) in [6.07, 6.45) is -0.147. The van der Waals surface area contributed by atoms with Crippen molar-refractivity contribution in [2.75, 3.05) is 21.2 Å². The Balaban J connectivity index is 2.12. The summed E-state index contributed by atoms with van der Waals surface area (Å²) in [7, 11) is 4.39. The molecule has 2 aromatic carbocycles. The zero-order valence-electron chi connectivity index (χ0n) is 19.4. The van der Waals surface area contributed by atoms with E-state index in [1.807, 2.05) is 12.1 Å². The Kier molecular flexibility index (Phi) is 10.3. The molecule has 0 bridgehead atoms. The van der Waals surface area contributed by atoms with Gasteiger partial charge in [0.2, 0.25) is 0 Å². The van der Waals surface area contributed by atoms with Gasteiger partial charge in [-0.3, -0.25) is 4.79 Å². The molecule has 0 aliphatic carbocycles. The number of nitrogens with one attached hydrogen (secondary N) is 1. The predicted octanol–water partition coefficient (Wildman–Crippen LogP) is 2.60. The number of nitrogens with zero attached hydrogens (tertiary/aromatic N) is 1. The Morgan fingerprint density at radius 3 is 1.91 bits per heavy atom. The van der Waals surface area contributed by atoms with Crippen LogP contribution in [-0.2, 0) is 41.8 Å². The molecule has 1 N–H and O–H groups in total. The number of benzene rings is 2. The van der Waals surface area contributed by atoms with Gasteiger partial charge in [-0.25, -0.2) is 14.4 Å². The van der Waals surface area contributed by atoms with Crippen LogP contribution in [-0.4, -0.2) is 56.0 Å². The van der Waals surface area contributed by atoms with Crippen molar-refractivity contribution in [3.63, 3.8) is 0 Å². The van der Waals surface area contributed by atoms with Crippen LogP contribution >= 0.6 is 0 Å². The molecule has 0 spiro atoms. The van der Waals surface area contributed by atoms with Gasteiger partial charge in [-0.2, -0.15) is 0 Å². The normalized spacial score (nSPS) is 11.7. The monoisotopic (exact) mass is 468 g/mol. The Hall–Kier alpha value is -4.14. The number of ether oxygens (including phenoxy) is 3. The van der Waals surface area contributed by atoms with Gasteiger partial charge in [0, 0.05) is 26.7 Å². The molecule has 0 saturated carbocycles. The van der Waals surface area contributed by atoms with Crippen LogP contribution in [0.2, 0.25) is 0 Å². The van der Waals surface area contributed by atoms with Crippen LogP contribution in [0.1, 0.15) is 17.5 Å². The zero-order chi connectivity index (χ0) is 24.9. The summed E-state index contributed by atoms with van der Waals surface area (Å²) in [4.78, 5) is 51.5. The number of rotatable bonds is 11. The van der Waals surface area contributed by atoms with Crippen molar-refractivity contribution in [2.24, 2.45) is 0 Å². The van der Waals surface area contributed by atoms with Crippen molar-refractivity contribution in [1.82, 2.24) is 10.2 Å². The molecule has 1 atom stereocenters. The van der Waals surface area contributed by atoms with E-state index in [0.717, 1.165) is 18.2 Å². The van der Waals surface area contributed by atoms with Gasteiger partial charge in [0.25, 0.3) is 0 Å². The SMILES string of the molecule is COC(=O)/C(=C/N(C)C)C(=O)C[C@H](NC(=O)OCc1ccccc1)C(=O)OCc1ccccc1. The lowest BCUT2D eigenvalue weighted by atomic mass is 10.0. The Morgan fingerprint density at radius 1 is 0.882 bits per heavy atom. The van der Waals surface area contributed by atoms with Gasteiger partial charge >= 0.3 is 18.0 Å². The van der Waals surface area contributed by atoms with E-state index in [1.165, 1.54) is 11.1 Å². The van der Waals surface area contributed by atoms with Crippen molar-refractivity contribution in [1.29, 1.82) is 0 Å². The number of ketones is 1. The summed E-state index contributed by atoms with van der Waals surface area (Å²) in [6.45, 7) is -0.0805. The van der Waals surface area contributed by atoms with Gasteiger partial charge in [-0.15, -0.1) is 0 Å². The number of methoxy groups -OCH3 is 1. The molecule has 1 amide bonds. The van der Waals surface area contributed by atoms with E-state index >= 15 is 0 Å². The number of hydrogen-bond acceptors (Lipinski definition) is 8. The van der Waals surface area contributed by atoms with Crippen LogP contribution in [0.15, 0.2) is 72.4 Å². The van der Waals surface area contributed by atoms with E-state index in [0.29, 0.717) is 0 Å². The largest absolute Gasteiger partial charge is 0.465 e. The maximum Gasteiger partial charge on any atom is 0.408 e. The average Bonchev–Trinajstić information content (AvgIpc) is 2.84. The fraction of sp³-hybridized carbons (Fsp3) is 0.280. The molecule has 0 fully saturated rings. The van der Waals surface area contributed by atoms with Crippen molar-refractivity contribution in [2.45, 2.75) is 25.7 Å². The third-order valence-corrected chi connectivity index (χ3v) is 4.50. The first kappa shape index (κ1) is 26.1. The number of carbonyl (C=O) groups excluding carboxylic acids is 4. The first-order valence-corrected chi connectivity index (χ1v) is 10.5. The van der Waals surface area contributed by atoms with Crippen LogP contribution < -0.4 is 5.32 Å². The molecule has 0 radical (unpaired) electrons. The maximum absolute atomic E-state index is 12.8. The minimum absolute atomic E-state index is 0.0274. The smallest absolute Gasteiger partial charge is 0.408 e. The molecule has 0 aliphatic heterocycles. The number of esters is 2. The van der Waals surface area contributed by atoms with Gasteiger partial charge in [0.1, 0.15) is 24.8 Å².